The van der Waals surface area contributed by atoms with Gasteiger partial charge in [-0.2, -0.15) is 0 Å². The summed E-state index contributed by atoms with van der Waals surface area (Å²) in [7, 11) is 3.12. The molecule has 0 radical (unpaired) electrons. The number of carbonyl (C=O) groups excluding carboxylic acids is 2. The highest BCUT2D eigenvalue weighted by Gasteiger charge is 2.24. The lowest BCUT2D eigenvalue weighted by atomic mass is 10.1. The largest absolute Gasteiger partial charge is 0.496 e. The predicted octanol–water partition coefficient (Wildman–Crippen LogP) is 4.96. The van der Waals surface area contributed by atoms with E-state index in [0.29, 0.717) is 70.9 Å². The minimum atomic E-state index is -0.456. The van der Waals surface area contributed by atoms with Crippen LogP contribution in [0.1, 0.15) is 40.9 Å². The first kappa shape index (κ1) is 35.5. The van der Waals surface area contributed by atoms with Crippen LogP contribution < -0.4 is 25.4 Å². The summed E-state index contributed by atoms with van der Waals surface area (Å²) >= 11 is 13.8. The van der Waals surface area contributed by atoms with Crippen LogP contribution in [0.3, 0.4) is 0 Å². The van der Waals surface area contributed by atoms with E-state index in [1.54, 1.807) is 56.9 Å². The molecule has 1 aromatic carbocycles. The fraction of sp³-hybridized carbons (Fsp3) is 0.361. The van der Waals surface area contributed by atoms with Crippen LogP contribution in [0.2, 0.25) is 10.0 Å². The molecule has 4 N–H and O–H groups in total. The van der Waals surface area contributed by atoms with E-state index in [4.69, 9.17) is 37.7 Å². The number of aliphatic hydroxyl groups excluding tert-OH is 1. The Bertz CT molecular complexity index is 1880. The first-order valence-electron chi connectivity index (χ1n) is 16.4. The van der Waals surface area contributed by atoms with E-state index in [1.165, 1.54) is 0 Å². The van der Waals surface area contributed by atoms with Crippen LogP contribution in [0.15, 0.2) is 54.9 Å². The number of rotatable bonds is 13. The van der Waals surface area contributed by atoms with Gasteiger partial charge < -0.3 is 30.5 Å². The van der Waals surface area contributed by atoms with Gasteiger partial charge in [0.25, 0.3) is 5.91 Å². The summed E-state index contributed by atoms with van der Waals surface area (Å²) in [5.74, 6) is 0.901. The van der Waals surface area contributed by atoms with Crippen LogP contribution in [0.25, 0.3) is 22.5 Å². The van der Waals surface area contributed by atoms with Crippen molar-refractivity contribution in [2.45, 2.75) is 38.4 Å². The number of amides is 2. The Labute approximate surface area is 300 Å². The first-order chi connectivity index (χ1) is 24.3. The van der Waals surface area contributed by atoms with Crippen molar-refractivity contribution < 1.29 is 24.2 Å². The van der Waals surface area contributed by atoms with E-state index >= 15 is 0 Å². The van der Waals surface area contributed by atoms with Crippen molar-refractivity contribution >= 4 is 40.7 Å². The van der Waals surface area contributed by atoms with E-state index in [0.717, 1.165) is 37.1 Å². The molecule has 2 aliphatic rings. The molecule has 6 rings (SSSR count). The van der Waals surface area contributed by atoms with Gasteiger partial charge in [0.15, 0.2) is 0 Å². The van der Waals surface area contributed by atoms with Gasteiger partial charge in [-0.05, 0) is 43.5 Å². The highest BCUT2D eigenvalue weighted by molar-refractivity contribution is 6.39. The summed E-state index contributed by atoms with van der Waals surface area (Å²) < 4.78 is 11.2. The Morgan fingerprint density at radius 1 is 1.06 bits per heavy atom. The molecule has 2 amide bonds. The van der Waals surface area contributed by atoms with Gasteiger partial charge in [-0.3, -0.25) is 24.5 Å². The van der Waals surface area contributed by atoms with Gasteiger partial charge in [0.05, 0.1) is 41.3 Å². The molecule has 2 atom stereocenters. The third-order valence-corrected chi connectivity index (χ3v) is 9.80. The SMILES string of the molecule is COc1cc(C(=O)Nc2cccc(-c3nccc(-c4ccc(CNC[C@H]5CCC(=O)N5)c(OC)n4)c3Cl)c2Cl)ncc1CN1CC[C@H](CO)C1. The topological polar surface area (TPSA) is 151 Å². The fourth-order valence-corrected chi connectivity index (χ4v) is 6.89. The van der Waals surface area contributed by atoms with E-state index in [-0.39, 0.29) is 35.2 Å². The molecule has 12 nitrogen and oxygen atoms in total. The summed E-state index contributed by atoms with van der Waals surface area (Å²) in [6.07, 6.45) is 5.59. The van der Waals surface area contributed by atoms with Crippen LogP contribution in [0.4, 0.5) is 5.69 Å². The molecule has 0 aliphatic carbocycles. The molecule has 4 aromatic rings. The smallest absolute Gasteiger partial charge is 0.274 e. The lowest BCUT2D eigenvalue weighted by molar-refractivity contribution is -0.119. The standard InChI is InChI=1S/C36H39Cl2N7O5/c1-49-30-14-29(41-16-23(30)19-45-13-11-21(18-45)20-46)35(48)43-28-5-3-4-26(32(28)37)34-33(38)25(10-12-40-34)27-8-6-22(36(44-27)50-2)15-39-17-24-7-9-31(47)42-24/h3-6,8,10,12,14,16,21,24,39,46H,7,9,11,13,15,17-20H2,1-2H3,(H,42,47)(H,43,48)/t21-,24+/m0/s1. The van der Waals surface area contributed by atoms with E-state index in [9.17, 15) is 14.7 Å². The van der Waals surface area contributed by atoms with Gasteiger partial charge in [-0.1, -0.05) is 41.4 Å². The molecule has 0 spiro atoms. The Hall–Kier alpha value is -4.33. The van der Waals surface area contributed by atoms with Gasteiger partial charge in [-0.25, -0.2) is 4.98 Å². The maximum Gasteiger partial charge on any atom is 0.274 e. The van der Waals surface area contributed by atoms with Crippen molar-refractivity contribution in [2.75, 3.05) is 45.8 Å². The van der Waals surface area contributed by atoms with Crippen molar-refractivity contribution in [1.29, 1.82) is 0 Å². The first-order valence-corrected chi connectivity index (χ1v) is 17.2. The molecule has 2 aliphatic heterocycles. The van der Waals surface area contributed by atoms with Crippen molar-refractivity contribution in [3.63, 3.8) is 0 Å². The minimum Gasteiger partial charge on any atom is -0.496 e. The lowest BCUT2D eigenvalue weighted by Crippen LogP contribution is -2.35. The van der Waals surface area contributed by atoms with Crippen LogP contribution in [-0.2, 0) is 17.9 Å². The van der Waals surface area contributed by atoms with Crippen LogP contribution in [0.5, 0.6) is 11.6 Å². The third kappa shape index (κ3) is 8.00. The normalized spacial score (nSPS) is 17.5. The number of hydrogen-bond acceptors (Lipinski definition) is 10. The molecule has 50 heavy (non-hydrogen) atoms. The Morgan fingerprint density at radius 2 is 1.92 bits per heavy atom. The number of nitrogens with one attached hydrogen (secondary N) is 3. The highest BCUT2D eigenvalue weighted by Crippen LogP contribution is 2.40. The second-order valence-corrected chi connectivity index (χ2v) is 13.2. The summed E-state index contributed by atoms with van der Waals surface area (Å²) in [6.45, 7) is 3.64. The molecule has 2 saturated heterocycles. The maximum absolute atomic E-state index is 13.4. The number of anilines is 1. The van der Waals surface area contributed by atoms with E-state index < -0.39 is 5.91 Å². The van der Waals surface area contributed by atoms with Gasteiger partial charge in [0, 0.05) is 86.0 Å². The lowest BCUT2D eigenvalue weighted by Gasteiger charge is -2.18. The molecular weight excluding hydrogens is 681 g/mol. The molecule has 14 heteroatoms. The number of halogens is 2. The highest BCUT2D eigenvalue weighted by atomic mass is 35.5. The van der Waals surface area contributed by atoms with Gasteiger partial charge in [-0.15, -0.1) is 0 Å². The number of methoxy groups -OCH3 is 2. The number of hydrogen-bond donors (Lipinski definition) is 4. The quantitative estimate of drug-likeness (QED) is 0.149. The Kier molecular flexibility index (Phi) is 11.5. The minimum absolute atomic E-state index is 0.0819. The summed E-state index contributed by atoms with van der Waals surface area (Å²) in [5.41, 5.74) is 4.42. The van der Waals surface area contributed by atoms with Gasteiger partial charge in [0.2, 0.25) is 11.8 Å². The van der Waals surface area contributed by atoms with E-state index in [2.05, 4.69) is 30.8 Å². The van der Waals surface area contributed by atoms with Crippen molar-refractivity contribution in [3.05, 3.63) is 81.7 Å². The van der Waals surface area contributed by atoms with Crippen LogP contribution in [-0.4, -0.2) is 83.3 Å². The molecule has 0 bridgehead atoms. The molecule has 0 saturated carbocycles. The second-order valence-electron chi connectivity index (χ2n) is 12.4. The van der Waals surface area contributed by atoms with E-state index in [1.807, 2.05) is 12.1 Å². The van der Waals surface area contributed by atoms with Crippen molar-refractivity contribution in [3.8, 4) is 34.1 Å². The summed E-state index contributed by atoms with van der Waals surface area (Å²) in [5, 5.41) is 19.3. The number of ether oxygens (including phenoxy) is 2. The number of aromatic nitrogens is 3. The number of nitrogens with zero attached hydrogens (tertiary/aromatic N) is 4. The zero-order valence-electron chi connectivity index (χ0n) is 27.8. The monoisotopic (exact) mass is 719 g/mol. The van der Waals surface area contributed by atoms with Crippen molar-refractivity contribution in [2.24, 2.45) is 5.92 Å². The third-order valence-electron chi connectivity index (χ3n) is 9.01. The molecule has 3 aromatic heterocycles. The number of aliphatic hydroxyl groups is 1. The molecule has 2 fully saturated rings. The Balaban J connectivity index is 1.17. The second kappa shape index (κ2) is 16.1. The number of carbonyl (C=O) groups is 2. The zero-order valence-corrected chi connectivity index (χ0v) is 29.4. The fourth-order valence-electron chi connectivity index (χ4n) is 6.31. The molecule has 0 unspecified atom stereocenters. The number of pyridine rings is 3. The number of benzene rings is 1. The van der Waals surface area contributed by atoms with Gasteiger partial charge >= 0.3 is 0 Å². The van der Waals surface area contributed by atoms with Crippen molar-refractivity contribution in [1.82, 2.24) is 30.5 Å². The molecule has 5 heterocycles. The van der Waals surface area contributed by atoms with Crippen LogP contribution in [0, 0.1) is 5.92 Å². The average Bonchev–Trinajstić information content (AvgIpc) is 3.77. The Morgan fingerprint density at radius 3 is 2.66 bits per heavy atom. The average molecular weight is 721 g/mol. The summed E-state index contributed by atoms with van der Waals surface area (Å²) in [4.78, 5) is 40.7. The zero-order chi connectivity index (χ0) is 35.2. The molecule has 262 valence electrons. The van der Waals surface area contributed by atoms with Crippen LogP contribution >= 0.6 is 23.2 Å². The van der Waals surface area contributed by atoms with Gasteiger partial charge in [0.1, 0.15) is 11.4 Å². The summed E-state index contributed by atoms with van der Waals surface area (Å²) in [6, 6.07) is 12.5. The number of likely N-dealkylation sites (tertiary alicyclic amines) is 1. The predicted molar refractivity (Wildman–Crippen MR) is 192 cm³/mol. The maximum atomic E-state index is 13.4. The molecular formula is C36H39Cl2N7O5.